The molecule has 1 atom stereocenters. The minimum Gasteiger partial charge on any atom is -0.481 e. The van der Waals surface area contributed by atoms with Crippen LogP contribution in [-0.4, -0.2) is 43.2 Å². The lowest BCUT2D eigenvalue weighted by Crippen LogP contribution is -2.49. The van der Waals surface area contributed by atoms with E-state index < -0.39 is 12.8 Å². The summed E-state index contributed by atoms with van der Waals surface area (Å²) in [7, 11) is 0. The van der Waals surface area contributed by atoms with Gasteiger partial charge in [0.1, 0.15) is 5.75 Å². The number of benzene rings is 1. The van der Waals surface area contributed by atoms with Crippen molar-refractivity contribution in [3.8, 4) is 5.75 Å². The maximum absolute atomic E-state index is 12.3. The molecule has 2 aliphatic heterocycles. The standard InChI is InChI=1S/C18H24FNO4/c19-13-23-16-3-1-2-15(11-16)20-8-6-18(7-9-20)5-4-14(12-24-18)10-17(21)22/h1-3,11,14H,4-10,12-13H2,(H,21,22). The number of carbonyl (C=O) groups is 1. The summed E-state index contributed by atoms with van der Waals surface area (Å²) in [5.74, 6) is -0.0637. The van der Waals surface area contributed by atoms with Gasteiger partial charge in [0.2, 0.25) is 6.86 Å². The molecule has 5 nitrogen and oxygen atoms in total. The van der Waals surface area contributed by atoms with E-state index in [0.29, 0.717) is 12.4 Å². The molecule has 6 heteroatoms. The van der Waals surface area contributed by atoms with Crippen LogP contribution in [0.3, 0.4) is 0 Å². The highest BCUT2D eigenvalue weighted by Gasteiger charge is 2.39. The molecule has 0 saturated carbocycles. The predicted octanol–water partition coefficient (Wildman–Crippen LogP) is 3.23. The van der Waals surface area contributed by atoms with Crippen LogP contribution in [0.4, 0.5) is 10.1 Å². The fraction of sp³-hybridized carbons (Fsp3) is 0.611. The van der Waals surface area contributed by atoms with Crippen LogP contribution in [0, 0.1) is 5.92 Å². The van der Waals surface area contributed by atoms with Crippen molar-refractivity contribution in [2.24, 2.45) is 5.92 Å². The van der Waals surface area contributed by atoms with Crippen molar-refractivity contribution in [1.82, 2.24) is 0 Å². The van der Waals surface area contributed by atoms with Crippen molar-refractivity contribution in [2.45, 2.75) is 37.7 Å². The Morgan fingerprint density at radius 1 is 1.38 bits per heavy atom. The lowest BCUT2D eigenvalue weighted by molar-refractivity contribution is -0.145. The highest BCUT2D eigenvalue weighted by molar-refractivity contribution is 5.67. The monoisotopic (exact) mass is 337 g/mol. The smallest absolute Gasteiger partial charge is 0.303 e. The Kier molecular flexibility index (Phi) is 5.23. The lowest BCUT2D eigenvalue weighted by atomic mass is 9.81. The van der Waals surface area contributed by atoms with Gasteiger partial charge in [0.25, 0.3) is 0 Å². The van der Waals surface area contributed by atoms with Crippen LogP contribution < -0.4 is 9.64 Å². The maximum atomic E-state index is 12.3. The molecular weight excluding hydrogens is 313 g/mol. The van der Waals surface area contributed by atoms with Crippen LogP contribution in [0.1, 0.15) is 32.1 Å². The molecule has 1 aromatic rings. The summed E-state index contributed by atoms with van der Waals surface area (Å²) >= 11 is 0. The second-order valence-corrected chi connectivity index (χ2v) is 6.73. The quantitative estimate of drug-likeness (QED) is 0.894. The number of aliphatic carboxylic acids is 1. The van der Waals surface area contributed by atoms with E-state index in [0.717, 1.165) is 44.5 Å². The topological polar surface area (TPSA) is 59.0 Å². The zero-order valence-corrected chi connectivity index (χ0v) is 13.7. The Hall–Kier alpha value is -1.82. The molecule has 0 aliphatic carbocycles. The van der Waals surface area contributed by atoms with Crippen LogP contribution >= 0.6 is 0 Å². The Labute approximate surface area is 141 Å². The summed E-state index contributed by atoms with van der Waals surface area (Å²) in [5, 5.41) is 8.89. The molecule has 2 saturated heterocycles. The molecule has 0 radical (unpaired) electrons. The van der Waals surface area contributed by atoms with Gasteiger partial charge in [-0.3, -0.25) is 4.79 Å². The molecule has 132 valence electrons. The first-order valence-corrected chi connectivity index (χ1v) is 8.50. The number of nitrogens with zero attached hydrogens (tertiary/aromatic N) is 1. The molecule has 0 aromatic heterocycles. The van der Waals surface area contributed by atoms with Gasteiger partial charge in [0, 0.05) is 24.8 Å². The van der Waals surface area contributed by atoms with E-state index in [1.165, 1.54) is 0 Å². The predicted molar refractivity (Wildman–Crippen MR) is 88.2 cm³/mol. The van der Waals surface area contributed by atoms with Gasteiger partial charge in [0.15, 0.2) is 0 Å². The van der Waals surface area contributed by atoms with Gasteiger partial charge in [-0.2, -0.15) is 0 Å². The highest BCUT2D eigenvalue weighted by Crippen LogP contribution is 2.38. The molecule has 2 aliphatic rings. The average Bonchev–Trinajstić information content (AvgIpc) is 2.58. The first-order valence-electron chi connectivity index (χ1n) is 8.50. The third kappa shape index (κ3) is 3.98. The molecule has 1 spiro atoms. The van der Waals surface area contributed by atoms with Gasteiger partial charge in [-0.25, -0.2) is 4.39 Å². The maximum Gasteiger partial charge on any atom is 0.303 e. The highest BCUT2D eigenvalue weighted by atomic mass is 19.1. The Morgan fingerprint density at radius 2 is 2.17 bits per heavy atom. The molecular formula is C18H24FNO4. The van der Waals surface area contributed by atoms with E-state index in [2.05, 4.69) is 4.90 Å². The Bertz CT molecular complexity index is 562. The molecule has 1 N–H and O–H groups in total. The summed E-state index contributed by atoms with van der Waals surface area (Å²) in [6.45, 7) is 1.48. The van der Waals surface area contributed by atoms with Crippen molar-refractivity contribution >= 4 is 11.7 Å². The van der Waals surface area contributed by atoms with E-state index >= 15 is 0 Å². The van der Waals surface area contributed by atoms with Gasteiger partial charge in [-0.1, -0.05) is 6.07 Å². The number of carboxylic acids is 1. The van der Waals surface area contributed by atoms with Gasteiger partial charge in [-0.15, -0.1) is 0 Å². The minimum atomic E-state index is -0.822. The molecule has 1 unspecified atom stereocenters. The summed E-state index contributed by atoms with van der Waals surface area (Å²) in [4.78, 5) is 13.1. The summed E-state index contributed by atoms with van der Waals surface area (Å²) in [6, 6.07) is 7.50. The normalized spacial score (nSPS) is 23.2. The number of alkyl halides is 1. The van der Waals surface area contributed by atoms with Crippen molar-refractivity contribution < 1.29 is 23.8 Å². The average molecular weight is 337 g/mol. The van der Waals surface area contributed by atoms with Gasteiger partial charge < -0.3 is 19.5 Å². The first-order chi connectivity index (χ1) is 11.6. The van der Waals surface area contributed by atoms with E-state index in [9.17, 15) is 9.18 Å². The fourth-order valence-corrected chi connectivity index (χ4v) is 3.73. The van der Waals surface area contributed by atoms with Crippen LogP contribution in [-0.2, 0) is 9.53 Å². The summed E-state index contributed by atoms with van der Waals surface area (Å²) in [5.41, 5.74) is 0.939. The Balaban J connectivity index is 1.54. The third-order valence-electron chi connectivity index (χ3n) is 5.18. The SMILES string of the molecule is O=C(O)CC1CCC2(CCN(c3cccc(OCF)c3)CC2)OC1. The van der Waals surface area contributed by atoms with Crippen molar-refractivity contribution in [3.05, 3.63) is 24.3 Å². The van der Waals surface area contributed by atoms with E-state index in [4.69, 9.17) is 14.6 Å². The molecule has 0 amide bonds. The zero-order valence-electron chi connectivity index (χ0n) is 13.7. The molecule has 0 bridgehead atoms. The first kappa shape index (κ1) is 17.0. The Morgan fingerprint density at radius 3 is 2.79 bits per heavy atom. The number of hydrogen-bond donors (Lipinski definition) is 1. The van der Waals surface area contributed by atoms with Gasteiger partial charge >= 0.3 is 5.97 Å². The second-order valence-electron chi connectivity index (χ2n) is 6.73. The molecule has 3 rings (SSSR count). The lowest BCUT2D eigenvalue weighted by Gasteiger charge is -2.46. The third-order valence-corrected chi connectivity index (χ3v) is 5.18. The summed E-state index contributed by atoms with van der Waals surface area (Å²) in [6.07, 6.45) is 3.92. The number of piperidine rings is 1. The van der Waals surface area contributed by atoms with Gasteiger partial charge in [-0.05, 0) is 43.7 Å². The van der Waals surface area contributed by atoms with Crippen molar-refractivity contribution in [3.63, 3.8) is 0 Å². The summed E-state index contributed by atoms with van der Waals surface area (Å²) < 4.78 is 23.3. The van der Waals surface area contributed by atoms with Crippen molar-refractivity contribution in [2.75, 3.05) is 31.5 Å². The minimum absolute atomic E-state index is 0.0987. The zero-order chi connectivity index (χ0) is 17.0. The molecule has 1 aromatic carbocycles. The fourth-order valence-electron chi connectivity index (χ4n) is 3.73. The van der Waals surface area contributed by atoms with Crippen LogP contribution in [0.5, 0.6) is 5.75 Å². The number of anilines is 1. The molecule has 24 heavy (non-hydrogen) atoms. The van der Waals surface area contributed by atoms with Crippen LogP contribution in [0.2, 0.25) is 0 Å². The van der Waals surface area contributed by atoms with E-state index in [1.54, 1.807) is 6.07 Å². The second kappa shape index (κ2) is 7.38. The number of halogens is 1. The van der Waals surface area contributed by atoms with E-state index in [-0.39, 0.29) is 17.9 Å². The van der Waals surface area contributed by atoms with Crippen LogP contribution in [0.15, 0.2) is 24.3 Å². The van der Waals surface area contributed by atoms with Crippen LogP contribution in [0.25, 0.3) is 0 Å². The number of hydrogen-bond acceptors (Lipinski definition) is 4. The molecule has 2 heterocycles. The number of carboxylic acid groups (broad SMARTS) is 1. The van der Waals surface area contributed by atoms with Crippen molar-refractivity contribution in [1.29, 1.82) is 0 Å². The van der Waals surface area contributed by atoms with E-state index in [1.807, 2.05) is 18.2 Å². The van der Waals surface area contributed by atoms with Gasteiger partial charge in [0.05, 0.1) is 18.6 Å². The number of ether oxygens (including phenoxy) is 2. The number of rotatable bonds is 5. The largest absolute Gasteiger partial charge is 0.481 e. The molecule has 2 fully saturated rings.